The number of carbonyl (C=O) groups excluding carboxylic acids is 2. The Kier molecular flexibility index (Phi) is 5.85. The van der Waals surface area contributed by atoms with Crippen LogP contribution in [0.5, 0.6) is 5.75 Å². The molecule has 2 aromatic carbocycles. The molecule has 0 fully saturated rings. The maximum Gasteiger partial charge on any atom is 0.273 e. The largest absolute Gasteiger partial charge is 0.507 e. The van der Waals surface area contributed by atoms with Gasteiger partial charge in [0.2, 0.25) is 15.9 Å². The third kappa shape index (κ3) is 5.01. The SMILES string of the molecule is CC(=O)NCc1ccc(-c2cc(C(=O)Nc3ccc(S(N)(=O)=O)cc3)[nH]n2)c(O)c1. The van der Waals surface area contributed by atoms with Crippen molar-refractivity contribution in [2.45, 2.75) is 18.4 Å². The number of phenolic OH excluding ortho intramolecular Hbond substituents is 1. The molecule has 156 valence electrons. The number of nitrogens with zero attached hydrogens (tertiary/aromatic N) is 1. The van der Waals surface area contributed by atoms with Gasteiger partial charge in [-0.2, -0.15) is 5.10 Å². The molecule has 3 aromatic rings. The van der Waals surface area contributed by atoms with Crippen molar-refractivity contribution < 1.29 is 23.1 Å². The van der Waals surface area contributed by atoms with E-state index in [1.165, 1.54) is 43.3 Å². The second kappa shape index (κ2) is 8.35. The lowest BCUT2D eigenvalue weighted by Crippen LogP contribution is -2.18. The van der Waals surface area contributed by atoms with Crippen molar-refractivity contribution in [1.82, 2.24) is 15.5 Å². The number of sulfonamides is 1. The highest BCUT2D eigenvalue weighted by atomic mass is 32.2. The number of benzene rings is 2. The number of carbonyl (C=O) groups is 2. The lowest BCUT2D eigenvalue weighted by molar-refractivity contribution is -0.119. The molecule has 0 aliphatic carbocycles. The average molecular weight is 429 g/mol. The Morgan fingerprint density at radius 1 is 1.13 bits per heavy atom. The number of phenols is 1. The van der Waals surface area contributed by atoms with Crippen molar-refractivity contribution in [2.75, 3.05) is 5.32 Å². The van der Waals surface area contributed by atoms with E-state index in [1.807, 2.05) is 0 Å². The Labute approximate surface area is 172 Å². The molecule has 0 saturated carbocycles. The molecule has 0 aliphatic heterocycles. The summed E-state index contributed by atoms with van der Waals surface area (Å²) < 4.78 is 22.6. The van der Waals surface area contributed by atoms with Gasteiger partial charge in [-0.1, -0.05) is 6.07 Å². The predicted molar refractivity (Wildman–Crippen MR) is 109 cm³/mol. The molecule has 0 spiro atoms. The minimum Gasteiger partial charge on any atom is -0.507 e. The summed E-state index contributed by atoms with van der Waals surface area (Å²) in [5, 5.41) is 27.2. The van der Waals surface area contributed by atoms with E-state index in [0.717, 1.165) is 0 Å². The van der Waals surface area contributed by atoms with Crippen molar-refractivity contribution in [1.29, 1.82) is 0 Å². The minimum atomic E-state index is -3.82. The molecule has 3 rings (SSSR count). The average Bonchev–Trinajstić information content (AvgIpc) is 3.16. The first-order valence-corrected chi connectivity index (χ1v) is 10.2. The van der Waals surface area contributed by atoms with Gasteiger partial charge in [-0.3, -0.25) is 14.7 Å². The van der Waals surface area contributed by atoms with Crippen LogP contribution in [0.4, 0.5) is 5.69 Å². The Bertz CT molecular complexity index is 1200. The van der Waals surface area contributed by atoms with Gasteiger partial charge < -0.3 is 15.7 Å². The van der Waals surface area contributed by atoms with Crippen LogP contribution < -0.4 is 15.8 Å². The molecule has 0 bridgehead atoms. The normalized spacial score (nSPS) is 11.1. The summed E-state index contributed by atoms with van der Waals surface area (Å²) >= 11 is 0. The van der Waals surface area contributed by atoms with Crippen LogP contribution in [0.25, 0.3) is 11.3 Å². The highest BCUT2D eigenvalue weighted by Crippen LogP contribution is 2.29. The lowest BCUT2D eigenvalue weighted by Gasteiger charge is -2.06. The molecule has 11 heteroatoms. The van der Waals surface area contributed by atoms with E-state index in [-0.39, 0.29) is 28.8 Å². The fourth-order valence-corrected chi connectivity index (χ4v) is 3.15. The number of hydrogen-bond acceptors (Lipinski definition) is 6. The van der Waals surface area contributed by atoms with Gasteiger partial charge in [0, 0.05) is 24.7 Å². The maximum absolute atomic E-state index is 12.4. The van der Waals surface area contributed by atoms with E-state index in [2.05, 4.69) is 20.8 Å². The summed E-state index contributed by atoms with van der Waals surface area (Å²) in [6.07, 6.45) is 0. The van der Waals surface area contributed by atoms with E-state index < -0.39 is 15.9 Å². The number of H-pyrrole nitrogens is 1. The molecule has 0 unspecified atom stereocenters. The first kappa shape index (κ1) is 21.0. The summed E-state index contributed by atoms with van der Waals surface area (Å²) in [5.41, 5.74) is 1.99. The van der Waals surface area contributed by atoms with Crippen molar-refractivity contribution in [3.05, 3.63) is 59.8 Å². The molecule has 2 amide bonds. The molecule has 0 radical (unpaired) electrons. The molecule has 0 aliphatic rings. The summed E-state index contributed by atoms with van der Waals surface area (Å²) in [5.74, 6) is -0.727. The molecule has 30 heavy (non-hydrogen) atoms. The minimum absolute atomic E-state index is 0.0464. The summed E-state index contributed by atoms with van der Waals surface area (Å²) in [6.45, 7) is 1.68. The molecular formula is C19H19N5O5S. The number of aromatic amines is 1. The van der Waals surface area contributed by atoms with Crippen LogP contribution in [-0.2, 0) is 21.4 Å². The van der Waals surface area contributed by atoms with Gasteiger partial charge in [0.25, 0.3) is 5.91 Å². The Balaban J connectivity index is 1.72. The van der Waals surface area contributed by atoms with E-state index in [1.54, 1.807) is 12.1 Å². The van der Waals surface area contributed by atoms with Crippen LogP contribution in [0.3, 0.4) is 0 Å². The van der Waals surface area contributed by atoms with Gasteiger partial charge in [0.15, 0.2) is 0 Å². The molecule has 10 nitrogen and oxygen atoms in total. The number of aromatic nitrogens is 2. The van der Waals surface area contributed by atoms with Crippen LogP contribution in [-0.4, -0.2) is 35.5 Å². The van der Waals surface area contributed by atoms with Crippen LogP contribution in [0.1, 0.15) is 23.0 Å². The molecule has 0 atom stereocenters. The van der Waals surface area contributed by atoms with Gasteiger partial charge >= 0.3 is 0 Å². The highest BCUT2D eigenvalue weighted by Gasteiger charge is 2.15. The van der Waals surface area contributed by atoms with Crippen molar-refractivity contribution in [3.63, 3.8) is 0 Å². The summed E-state index contributed by atoms with van der Waals surface area (Å²) in [4.78, 5) is 23.3. The van der Waals surface area contributed by atoms with E-state index >= 15 is 0 Å². The number of nitrogens with two attached hydrogens (primary N) is 1. The first-order chi connectivity index (χ1) is 14.1. The standard InChI is InChI=1S/C19H19N5O5S/c1-11(25)21-10-12-2-7-15(18(26)8-12)16-9-17(24-23-16)19(27)22-13-3-5-14(6-4-13)30(20,28)29/h2-9,26H,10H2,1H3,(H,21,25)(H,22,27)(H,23,24)(H2,20,28,29). The van der Waals surface area contributed by atoms with Gasteiger partial charge in [-0.05, 0) is 48.0 Å². The number of rotatable bonds is 6. The number of aromatic hydroxyl groups is 1. The molecule has 6 N–H and O–H groups in total. The van der Waals surface area contributed by atoms with Crippen LogP contribution in [0, 0.1) is 0 Å². The van der Waals surface area contributed by atoms with Gasteiger partial charge in [0.05, 0.1) is 10.6 Å². The molecule has 0 saturated heterocycles. The summed E-state index contributed by atoms with van der Waals surface area (Å²) in [6, 6.07) is 11.7. The topological polar surface area (TPSA) is 167 Å². The predicted octanol–water partition coefficient (Wildman–Crippen LogP) is 1.32. The Morgan fingerprint density at radius 3 is 2.43 bits per heavy atom. The molecule has 1 aromatic heterocycles. The molecule has 1 heterocycles. The van der Waals surface area contributed by atoms with Gasteiger partial charge in [0.1, 0.15) is 11.4 Å². The van der Waals surface area contributed by atoms with E-state index in [4.69, 9.17) is 5.14 Å². The zero-order valence-electron chi connectivity index (χ0n) is 15.8. The zero-order valence-corrected chi connectivity index (χ0v) is 16.7. The van der Waals surface area contributed by atoms with Crippen LogP contribution in [0.15, 0.2) is 53.4 Å². The third-order valence-electron chi connectivity index (χ3n) is 4.14. The van der Waals surface area contributed by atoms with Crippen molar-refractivity contribution in [2.24, 2.45) is 5.14 Å². The van der Waals surface area contributed by atoms with Gasteiger partial charge in [-0.25, -0.2) is 13.6 Å². The number of nitrogens with one attached hydrogen (secondary N) is 3. The number of amides is 2. The first-order valence-electron chi connectivity index (χ1n) is 8.70. The van der Waals surface area contributed by atoms with Crippen molar-refractivity contribution >= 4 is 27.5 Å². The van der Waals surface area contributed by atoms with Crippen LogP contribution >= 0.6 is 0 Å². The second-order valence-electron chi connectivity index (χ2n) is 6.45. The third-order valence-corrected chi connectivity index (χ3v) is 5.07. The molecular weight excluding hydrogens is 410 g/mol. The number of primary sulfonamides is 1. The Morgan fingerprint density at radius 2 is 1.83 bits per heavy atom. The quantitative estimate of drug-likeness (QED) is 0.396. The number of anilines is 1. The van der Waals surface area contributed by atoms with E-state index in [9.17, 15) is 23.1 Å². The van der Waals surface area contributed by atoms with Crippen molar-refractivity contribution in [3.8, 4) is 17.0 Å². The van der Waals surface area contributed by atoms with E-state index in [0.29, 0.717) is 22.5 Å². The zero-order chi connectivity index (χ0) is 21.9. The lowest BCUT2D eigenvalue weighted by atomic mass is 10.1. The second-order valence-corrected chi connectivity index (χ2v) is 8.01. The highest BCUT2D eigenvalue weighted by molar-refractivity contribution is 7.89. The fraction of sp³-hybridized carbons (Fsp3) is 0.105. The Hall–Kier alpha value is -3.70. The van der Waals surface area contributed by atoms with Gasteiger partial charge in [-0.15, -0.1) is 0 Å². The maximum atomic E-state index is 12.4. The smallest absolute Gasteiger partial charge is 0.273 e. The van der Waals surface area contributed by atoms with Crippen LogP contribution in [0.2, 0.25) is 0 Å². The monoisotopic (exact) mass is 429 g/mol. The number of hydrogen-bond donors (Lipinski definition) is 5. The fourth-order valence-electron chi connectivity index (χ4n) is 2.63. The summed E-state index contributed by atoms with van der Waals surface area (Å²) in [7, 11) is -3.82.